The van der Waals surface area contributed by atoms with Crippen molar-refractivity contribution in [2.45, 2.75) is 37.5 Å². The van der Waals surface area contributed by atoms with Gasteiger partial charge in [0, 0.05) is 35.2 Å². The van der Waals surface area contributed by atoms with Gasteiger partial charge in [0.25, 0.3) is 0 Å². The van der Waals surface area contributed by atoms with Crippen LogP contribution in [0.15, 0.2) is 41.3 Å². The minimum atomic E-state index is 0.126. The predicted octanol–water partition coefficient (Wildman–Crippen LogP) is 4.99. The average Bonchev–Trinajstić information content (AvgIpc) is 3.01. The monoisotopic (exact) mass is 329 g/mol. The zero-order chi connectivity index (χ0) is 16.4. The summed E-state index contributed by atoms with van der Waals surface area (Å²) in [6.45, 7) is 6.30. The number of hydrogen-bond donors (Lipinski definition) is 2. The molecular weight excluding hydrogens is 306 g/mol. The summed E-state index contributed by atoms with van der Waals surface area (Å²) in [6, 6.07) is 11.5. The van der Waals surface area contributed by atoms with Crippen LogP contribution in [0.25, 0.3) is 11.1 Å². The number of phenols is 2. The van der Waals surface area contributed by atoms with Gasteiger partial charge in [-0.05, 0) is 48.4 Å². The SMILES string of the molecule is CC(C)c1cc(-c2ccccc2SN2CCCC2)c(O)cc1O. The van der Waals surface area contributed by atoms with E-state index in [1.54, 1.807) is 11.9 Å². The Balaban J connectivity index is 2.02. The van der Waals surface area contributed by atoms with Gasteiger partial charge in [-0.2, -0.15) is 0 Å². The molecule has 1 fully saturated rings. The molecule has 4 heteroatoms. The number of rotatable bonds is 4. The van der Waals surface area contributed by atoms with Crippen LogP contribution < -0.4 is 0 Å². The lowest BCUT2D eigenvalue weighted by Crippen LogP contribution is -2.08. The van der Waals surface area contributed by atoms with Crippen molar-refractivity contribution in [2.75, 3.05) is 13.1 Å². The van der Waals surface area contributed by atoms with Crippen LogP contribution in [0.3, 0.4) is 0 Å². The summed E-state index contributed by atoms with van der Waals surface area (Å²) in [5.74, 6) is 0.486. The first kappa shape index (κ1) is 16.2. The van der Waals surface area contributed by atoms with Crippen LogP contribution in [0.5, 0.6) is 11.5 Å². The highest BCUT2D eigenvalue weighted by atomic mass is 32.2. The third kappa shape index (κ3) is 3.48. The lowest BCUT2D eigenvalue weighted by atomic mass is 9.95. The first-order valence-electron chi connectivity index (χ1n) is 8.14. The largest absolute Gasteiger partial charge is 0.508 e. The van der Waals surface area contributed by atoms with Crippen molar-refractivity contribution in [3.63, 3.8) is 0 Å². The van der Waals surface area contributed by atoms with E-state index in [0.29, 0.717) is 0 Å². The Kier molecular flexibility index (Phi) is 4.83. The van der Waals surface area contributed by atoms with E-state index in [-0.39, 0.29) is 17.4 Å². The van der Waals surface area contributed by atoms with Crippen molar-refractivity contribution in [2.24, 2.45) is 0 Å². The summed E-state index contributed by atoms with van der Waals surface area (Å²) < 4.78 is 2.37. The summed E-state index contributed by atoms with van der Waals surface area (Å²) in [5, 5.41) is 20.4. The van der Waals surface area contributed by atoms with Gasteiger partial charge in [0.2, 0.25) is 0 Å². The first-order chi connectivity index (χ1) is 11.1. The molecule has 0 aliphatic carbocycles. The highest BCUT2D eigenvalue weighted by Crippen LogP contribution is 2.42. The zero-order valence-electron chi connectivity index (χ0n) is 13.6. The molecule has 0 saturated carbocycles. The van der Waals surface area contributed by atoms with Crippen molar-refractivity contribution < 1.29 is 10.2 Å². The van der Waals surface area contributed by atoms with Crippen LogP contribution in [-0.4, -0.2) is 27.6 Å². The molecule has 1 aliphatic rings. The molecular formula is C19H23NO2S. The molecule has 0 unspecified atom stereocenters. The number of hydrogen-bond acceptors (Lipinski definition) is 4. The molecule has 1 heterocycles. The minimum absolute atomic E-state index is 0.126. The van der Waals surface area contributed by atoms with E-state index in [4.69, 9.17) is 0 Å². The normalized spacial score (nSPS) is 15.4. The van der Waals surface area contributed by atoms with Crippen molar-refractivity contribution in [1.29, 1.82) is 0 Å². The smallest absolute Gasteiger partial charge is 0.127 e. The average molecular weight is 329 g/mol. The van der Waals surface area contributed by atoms with Crippen LogP contribution in [0.4, 0.5) is 0 Å². The molecule has 0 radical (unpaired) electrons. The molecule has 2 aromatic carbocycles. The Labute approximate surface area is 142 Å². The Bertz CT molecular complexity index is 694. The number of phenolic OH excluding ortho intramolecular Hbond substituents is 2. The van der Waals surface area contributed by atoms with Crippen LogP contribution >= 0.6 is 11.9 Å². The third-order valence-corrected chi connectivity index (χ3v) is 5.41. The van der Waals surface area contributed by atoms with Gasteiger partial charge in [-0.3, -0.25) is 0 Å². The summed E-state index contributed by atoms with van der Waals surface area (Å²) in [5.41, 5.74) is 2.66. The van der Waals surface area contributed by atoms with E-state index in [1.165, 1.54) is 18.9 Å². The highest BCUT2D eigenvalue weighted by molar-refractivity contribution is 7.97. The van der Waals surface area contributed by atoms with Gasteiger partial charge < -0.3 is 10.2 Å². The van der Waals surface area contributed by atoms with E-state index >= 15 is 0 Å². The van der Waals surface area contributed by atoms with Crippen molar-refractivity contribution in [3.05, 3.63) is 42.0 Å². The Morgan fingerprint density at radius 1 is 0.957 bits per heavy atom. The maximum Gasteiger partial charge on any atom is 0.127 e. The Morgan fingerprint density at radius 2 is 1.65 bits per heavy atom. The minimum Gasteiger partial charge on any atom is -0.508 e. The fourth-order valence-electron chi connectivity index (χ4n) is 2.96. The molecule has 3 nitrogen and oxygen atoms in total. The maximum absolute atomic E-state index is 10.4. The van der Waals surface area contributed by atoms with Gasteiger partial charge >= 0.3 is 0 Å². The molecule has 3 rings (SSSR count). The third-order valence-electron chi connectivity index (χ3n) is 4.24. The van der Waals surface area contributed by atoms with Crippen LogP contribution in [0.1, 0.15) is 38.2 Å². The molecule has 2 N–H and O–H groups in total. The standard InChI is InChI=1S/C19H23NO2S/c1-13(2)15-11-16(18(22)12-17(15)21)14-7-3-4-8-19(14)23-20-9-5-6-10-20/h3-4,7-8,11-13,21-22H,5-6,9-10H2,1-2H3. The second-order valence-corrected chi connectivity index (χ2v) is 7.45. The van der Waals surface area contributed by atoms with Crippen LogP contribution in [-0.2, 0) is 0 Å². The topological polar surface area (TPSA) is 43.7 Å². The lowest BCUT2D eigenvalue weighted by Gasteiger charge is -2.18. The first-order valence-corrected chi connectivity index (χ1v) is 8.92. The molecule has 0 spiro atoms. The van der Waals surface area contributed by atoms with Gasteiger partial charge in [-0.15, -0.1) is 0 Å². The zero-order valence-corrected chi connectivity index (χ0v) is 14.4. The van der Waals surface area contributed by atoms with Crippen LogP contribution in [0, 0.1) is 0 Å². The van der Waals surface area contributed by atoms with E-state index in [1.807, 2.05) is 38.1 Å². The summed E-state index contributed by atoms with van der Waals surface area (Å²) in [4.78, 5) is 1.14. The number of nitrogens with zero attached hydrogens (tertiary/aromatic N) is 1. The molecule has 0 bridgehead atoms. The fraction of sp³-hybridized carbons (Fsp3) is 0.368. The fourth-order valence-corrected chi connectivity index (χ4v) is 4.09. The predicted molar refractivity (Wildman–Crippen MR) is 96.0 cm³/mol. The second kappa shape index (κ2) is 6.85. The summed E-state index contributed by atoms with van der Waals surface area (Å²) >= 11 is 1.76. The molecule has 122 valence electrons. The number of benzene rings is 2. The Hall–Kier alpha value is -1.65. The Morgan fingerprint density at radius 3 is 2.35 bits per heavy atom. The summed E-state index contributed by atoms with van der Waals surface area (Å²) in [6.07, 6.45) is 2.49. The van der Waals surface area contributed by atoms with Gasteiger partial charge in [0.05, 0.1) is 0 Å². The van der Waals surface area contributed by atoms with Crippen molar-refractivity contribution in [3.8, 4) is 22.6 Å². The lowest BCUT2D eigenvalue weighted by molar-refractivity contribution is 0.445. The molecule has 1 aliphatic heterocycles. The van der Waals surface area contributed by atoms with E-state index < -0.39 is 0 Å². The van der Waals surface area contributed by atoms with E-state index in [9.17, 15) is 10.2 Å². The van der Waals surface area contributed by atoms with E-state index in [2.05, 4.69) is 10.4 Å². The van der Waals surface area contributed by atoms with Crippen LogP contribution in [0.2, 0.25) is 0 Å². The molecule has 0 atom stereocenters. The highest BCUT2D eigenvalue weighted by Gasteiger charge is 2.18. The quantitative estimate of drug-likeness (QED) is 0.776. The van der Waals surface area contributed by atoms with Crippen molar-refractivity contribution >= 4 is 11.9 Å². The van der Waals surface area contributed by atoms with Gasteiger partial charge in [0.15, 0.2) is 0 Å². The second-order valence-electron chi connectivity index (χ2n) is 6.31. The molecule has 1 saturated heterocycles. The molecule has 23 heavy (non-hydrogen) atoms. The van der Waals surface area contributed by atoms with Gasteiger partial charge in [-0.1, -0.05) is 32.0 Å². The molecule has 0 aromatic heterocycles. The maximum atomic E-state index is 10.4. The summed E-state index contributed by atoms with van der Waals surface area (Å²) in [7, 11) is 0. The van der Waals surface area contributed by atoms with Crippen molar-refractivity contribution in [1.82, 2.24) is 4.31 Å². The molecule has 0 amide bonds. The van der Waals surface area contributed by atoms with Gasteiger partial charge in [0.1, 0.15) is 11.5 Å². The van der Waals surface area contributed by atoms with Gasteiger partial charge in [-0.25, -0.2) is 4.31 Å². The molecule has 2 aromatic rings. The number of aromatic hydroxyl groups is 2. The van der Waals surface area contributed by atoms with E-state index in [0.717, 1.165) is 34.7 Å².